The van der Waals surface area contributed by atoms with Gasteiger partial charge in [-0.25, -0.2) is 57.5 Å². The van der Waals surface area contributed by atoms with Crippen LogP contribution >= 0.6 is 11.4 Å². The Morgan fingerprint density at radius 3 is 1.10 bits per heavy atom. The standard InChI is InChI=1S/3C14H19F2NO.C11H19F2NO3.C8H11N.C6H14F3NO2S.C6H11F2NO.C6H8F2O.C6H8O2.10H2/c3*1-10(11-6-3-2-4-7-11)17-12-8-5-9-14(15,16)13(12)18;1-10(2,3)17-9(16)14-7-5-4-6-11(12,13)8(7)15;1-7(9)8-5-3-2-4-6-8;1-11-5-3-10(4-6-12-2)13(7,8)9;7-6(8)3-1-2-4(9)5(6)10;7-6(8)3-1-2-4-5(6)9-4;7-4-2-1-3-5-6(4)8-5;;;;;;;;;;/h3*2-4,6-7,10,12-13,17-18H,5,8-9H2,1H3;7-8,15H,4-6H2,1-3H3,(H,14,16);2-7H,9H2,1H3;3-6H2,1-2H3;4-5,10H,1-3,9H2;4-5H,1-3H2;5-6H,1-3H2;10*1H/t10-,12+,13+;2*10-,12-,13+;7-,8+;7-;;4-,5+;;;;;;;;;;;;/m11111.1............/s1/i;;;;;;;;;7*1+1D;3*1+1. The number of amides is 1. The molecule has 0 spiro atoms. The third kappa shape index (κ3) is 35.9. The Bertz CT molecular complexity index is 3420. The summed E-state index contributed by atoms with van der Waals surface area (Å²) >= 11 is -5.14. The molecule has 18 atom stereocenters. The molecule has 4 aromatic carbocycles. The smallest absolute Gasteiger partial charge is 0.407 e. The van der Waals surface area contributed by atoms with Crippen LogP contribution in [-0.4, -0.2) is 209 Å². The Hall–Kier alpha value is -5.48. The minimum absolute atomic E-state index is 0. The number of Topliss-reactive ketones (excluding diaryl/α,β-unsaturated/α-hetero) is 1. The molecule has 0 bridgehead atoms. The molecule has 0 radical (unpaired) electrons. The molecule has 4 unspecified atom stereocenters. The van der Waals surface area contributed by atoms with Gasteiger partial charge in [0.2, 0.25) is 0 Å². The van der Waals surface area contributed by atoms with Crippen LogP contribution in [0.4, 0.5) is 69.1 Å². The number of nitrogens with one attached hydrogen (secondary N) is 4. The van der Waals surface area contributed by atoms with Crippen molar-refractivity contribution in [3.63, 3.8) is 0 Å². The van der Waals surface area contributed by atoms with E-state index in [1.54, 1.807) is 20.8 Å². The number of ketones is 1. The first-order chi connectivity index (χ1) is 63.1. The largest absolute Gasteiger partial charge is 0.444 e. The topological polar surface area (TPSA) is 291 Å². The number of hydrogen-bond acceptors (Lipinski definition) is 18. The summed E-state index contributed by atoms with van der Waals surface area (Å²) in [6.07, 6.45) is -1.71. The molecule has 120 heavy (non-hydrogen) atoms. The number of carbonyl (C=O) groups excluding carboxylic acids is 2. The second-order valence-corrected chi connectivity index (χ2v) is 34.1. The number of nitrogens with two attached hydrogens (primary N) is 2. The quantitative estimate of drug-likeness (QED) is 0.0326. The predicted octanol–water partition coefficient (Wildman–Crippen LogP) is 19.4. The minimum Gasteiger partial charge on any atom is -0.444 e. The van der Waals surface area contributed by atoms with Crippen LogP contribution in [0.3, 0.4) is 0 Å². The molecular weight excluding hydrogens is 1630 g/mol. The zero-order chi connectivity index (χ0) is 104. The van der Waals surface area contributed by atoms with Crippen LogP contribution in [0.15, 0.2) is 121 Å². The second-order valence-electron chi connectivity index (χ2n) is 32.8. The van der Waals surface area contributed by atoms with Gasteiger partial charge in [0.05, 0.1) is 31.5 Å². The van der Waals surface area contributed by atoms with Crippen molar-refractivity contribution >= 4 is 23.2 Å². The lowest BCUT2D eigenvalue weighted by Crippen LogP contribution is -2.54. The summed E-state index contributed by atoms with van der Waals surface area (Å²) in [7, 11) is 2.75. The van der Waals surface area contributed by atoms with Crippen molar-refractivity contribution in [2.45, 2.75) is 334 Å². The SMILES string of the molecule is CC(C)(C)OC(=O)N[C@@H]1CCCC(F)(F)[C@H]1O.COCCN(CCOC)S(F)(F)F.C[C@@H](N)c1ccccc1.C[C@@H](N[C@@H]1CCCC(F)(F)[C@H]1O)c1ccccc1.C[C@@H](N[C@@H]1CCCC(F)(F)[C@H]1O)c1ccccc1.C[C@@H](N[C@H]1CCCC(F)(F)[C@H]1O)c1ccccc1.FC1(F)CCCC2OC21.N[C@@H]1CCCC(F)(F)[C@H]1O.O=C1CCCC2OC12.[2HH].[2HH].[2HH].[2H][2H].[2H][2H].[2H][2H].[2H][2H].[2H][2H].[2H][2H].[2H][2H]. The molecule has 13 rings (SSSR count). The van der Waals surface area contributed by atoms with E-state index >= 15 is 0 Å². The van der Waals surface area contributed by atoms with Crippen molar-refractivity contribution in [1.29, 1.82) is 0 Å². The number of rotatable bonds is 18. The molecule has 1 amide bonds. The first kappa shape index (κ1) is 93.7. The van der Waals surface area contributed by atoms with Gasteiger partial charge in [-0.05, 0) is 161 Å². The fraction of sp³-hybridized carbons (Fsp3) is 0.694. The van der Waals surface area contributed by atoms with E-state index in [-0.39, 0.29) is 112 Å². The number of ether oxygens (including phenoxy) is 5. The molecule has 7 aliphatic carbocycles. The Morgan fingerprint density at radius 2 is 0.808 bits per heavy atom. The lowest BCUT2D eigenvalue weighted by Gasteiger charge is -2.36. The van der Waals surface area contributed by atoms with Crippen LogP contribution in [0.1, 0.15) is 255 Å². The number of nitrogens with zero attached hydrogens (tertiary/aromatic N) is 1. The summed E-state index contributed by atoms with van der Waals surface area (Å²) in [4.78, 5) is 22.1. The van der Waals surface area contributed by atoms with Crippen molar-refractivity contribution in [1.82, 2.24) is 25.6 Å². The van der Waals surface area contributed by atoms with E-state index in [1.165, 1.54) is 19.8 Å². The van der Waals surface area contributed by atoms with Crippen molar-refractivity contribution in [3.05, 3.63) is 144 Å². The molecule has 2 heterocycles. The van der Waals surface area contributed by atoms with Crippen LogP contribution in [0.25, 0.3) is 0 Å². The maximum atomic E-state index is 13.4. The van der Waals surface area contributed by atoms with E-state index < -0.39 is 125 Å². The molecule has 35 heteroatoms. The maximum absolute atomic E-state index is 13.4. The monoisotopic (exact) mass is 1790 g/mol. The van der Waals surface area contributed by atoms with Crippen molar-refractivity contribution in [2.75, 3.05) is 40.5 Å². The minimum atomic E-state index is -5.14. The lowest BCUT2D eigenvalue weighted by atomic mass is 9.88. The highest BCUT2D eigenvalue weighted by molar-refractivity contribution is 8.18. The average molecular weight is 1790 g/mol. The van der Waals surface area contributed by atoms with E-state index in [1.807, 2.05) is 149 Å². The highest BCUT2D eigenvalue weighted by Crippen LogP contribution is 2.56. The number of hydrogen-bond donors (Lipinski definition) is 11. The van der Waals surface area contributed by atoms with Gasteiger partial charge < -0.3 is 82.0 Å². The van der Waals surface area contributed by atoms with Gasteiger partial charge in [-0.15, -0.1) is 11.7 Å². The fourth-order valence-electron chi connectivity index (χ4n) is 14.6. The summed E-state index contributed by atoms with van der Waals surface area (Å²) in [5.41, 5.74) is 14.5. The number of halogens is 15. The first-order valence-corrected chi connectivity index (χ1v) is 42.5. The maximum Gasteiger partial charge on any atom is 0.407 e. The molecule has 9 aliphatic rings. The van der Waals surface area contributed by atoms with E-state index in [2.05, 4.69) is 30.7 Å². The number of benzene rings is 4. The van der Waals surface area contributed by atoms with Crippen molar-refractivity contribution < 1.29 is 148 Å². The summed E-state index contributed by atoms with van der Waals surface area (Å²) in [6.45, 7) is 12.7. The highest BCUT2D eigenvalue weighted by Gasteiger charge is 2.59. The van der Waals surface area contributed by atoms with Crippen molar-refractivity contribution in [2.24, 2.45) is 11.5 Å². The normalized spacial score (nSPS) is 29.6. The average Bonchev–Trinajstić information content (AvgIpc) is 1.59. The highest BCUT2D eigenvalue weighted by atomic mass is 32.3. The number of aliphatic hydroxyl groups is 5. The van der Waals surface area contributed by atoms with Gasteiger partial charge in [-0.1, -0.05) is 121 Å². The van der Waals surface area contributed by atoms with Gasteiger partial charge in [0.15, 0.2) is 5.78 Å². The number of epoxide rings is 2. The Kier molecular flexibility index (Phi) is 38.1. The summed E-state index contributed by atoms with van der Waals surface area (Å²) in [6, 6.07) is 35.7. The molecule has 2 saturated heterocycles. The molecule has 4 aromatic rings. The van der Waals surface area contributed by atoms with Crippen LogP contribution in [0, 0.1) is 0 Å². The van der Waals surface area contributed by atoms with E-state index in [9.17, 15) is 94.4 Å². The summed E-state index contributed by atoms with van der Waals surface area (Å²) in [5, 5.41) is 58.9. The van der Waals surface area contributed by atoms with E-state index in [4.69, 9.17) is 51.6 Å². The number of methoxy groups -OCH3 is 2. The third-order valence-electron chi connectivity index (χ3n) is 21.8. The van der Waals surface area contributed by atoms with Gasteiger partial charge >= 0.3 is 6.09 Å². The lowest BCUT2D eigenvalue weighted by molar-refractivity contribution is -0.144. The van der Waals surface area contributed by atoms with Gasteiger partial charge in [-0.2, -0.15) is 4.31 Å². The fourth-order valence-corrected chi connectivity index (χ4v) is 15.1. The Morgan fingerprint density at radius 1 is 0.492 bits per heavy atom. The van der Waals surface area contributed by atoms with Crippen LogP contribution in [0.2, 0.25) is 0 Å². The molecule has 2 aliphatic heterocycles. The Labute approximate surface area is 724 Å². The molecule has 706 valence electrons. The number of alkyl halides is 12. The summed E-state index contributed by atoms with van der Waals surface area (Å²) < 4.78 is 288. The summed E-state index contributed by atoms with van der Waals surface area (Å²) in [5.74, 6) is -17.2. The first-order valence-electron chi connectivity index (χ1n) is 48.2. The third-order valence-corrected chi connectivity index (χ3v) is 22.7. The van der Waals surface area contributed by atoms with Gasteiger partial charge in [0, 0.05) is 146 Å². The zero-order valence-corrected chi connectivity index (χ0v) is 70.7. The number of aliphatic hydroxyl groups excluding tert-OH is 5. The predicted molar refractivity (Wildman–Crippen MR) is 452 cm³/mol. The molecule has 13 N–H and O–H groups in total. The van der Waals surface area contributed by atoms with Crippen LogP contribution in [0.5, 0.6) is 0 Å². The van der Waals surface area contributed by atoms with Crippen molar-refractivity contribution in [3.8, 4) is 0 Å². The van der Waals surface area contributed by atoms with Crippen LogP contribution < -0.4 is 32.7 Å². The molecular formula is C85H148F15N7O12S. The molecule has 9 fully saturated rings. The van der Waals surface area contributed by atoms with Crippen LogP contribution in [-0.2, 0) is 28.5 Å². The van der Waals surface area contributed by atoms with Gasteiger partial charge in [0.1, 0.15) is 48.3 Å². The molecule has 19 nitrogen and oxygen atoms in total. The number of fused-ring (bicyclic) bond motifs is 2. The Balaban J connectivity index is -0.000000349. The van der Waals surface area contributed by atoms with Gasteiger partial charge in [-0.3, -0.25) is 4.79 Å². The van der Waals surface area contributed by atoms with E-state index in [0.29, 0.717) is 80.4 Å². The van der Waals surface area contributed by atoms with Gasteiger partial charge in [0.25, 0.3) is 46.9 Å². The zero-order valence-electron chi connectivity index (χ0n) is 83.9. The van der Waals surface area contributed by atoms with E-state index in [0.717, 1.165) is 42.4 Å². The second kappa shape index (κ2) is 48.9. The molecule has 7 saturated carbocycles. The molecule has 0 aromatic heterocycles. The number of carbonyl (C=O) groups is 2. The number of alkyl carbamates (subject to hydrolysis) is 1.